The molecule has 8 heteroatoms. The van der Waals surface area contributed by atoms with Crippen LogP contribution in [-0.4, -0.2) is 45.5 Å². The largest absolute Gasteiger partial charge is 0.505 e. The van der Waals surface area contributed by atoms with E-state index in [4.69, 9.17) is 22.1 Å². The van der Waals surface area contributed by atoms with Gasteiger partial charge in [-0.05, 0) is 26.0 Å². The van der Waals surface area contributed by atoms with Crippen molar-refractivity contribution in [1.29, 1.82) is 0 Å². The van der Waals surface area contributed by atoms with Crippen LogP contribution in [0.1, 0.15) is 35.8 Å². The summed E-state index contributed by atoms with van der Waals surface area (Å²) in [5.74, 6) is -1.79. The Hall–Kier alpha value is -2.09. The maximum atomic E-state index is 11.5. The zero-order valence-corrected chi connectivity index (χ0v) is 14.0. The Kier molecular flexibility index (Phi) is 5.48. The summed E-state index contributed by atoms with van der Waals surface area (Å²) in [6.07, 6.45) is -0.186. The summed E-state index contributed by atoms with van der Waals surface area (Å²) in [4.78, 5) is 15.3. The lowest BCUT2D eigenvalue weighted by molar-refractivity contribution is 0.0993. The third-order valence-corrected chi connectivity index (χ3v) is 3.83. The molecule has 24 heavy (non-hydrogen) atoms. The number of primary amides is 1. The number of nitrogens with zero attached hydrogens (tertiary/aromatic N) is 1. The van der Waals surface area contributed by atoms with Crippen molar-refractivity contribution in [3.63, 3.8) is 0 Å². The number of aromatic nitrogens is 1. The molecule has 0 unspecified atom stereocenters. The molecule has 0 fully saturated rings. The molecule has 0 bridgehead atoms. The van der Waals surface area contributed by atoms with Crippen LogP contribution < -0.4 is 10.5 Å². The Balaban J connectivity index is 2.94. The van der Waals surface area contributed by atoms with Crippen LogP contribution in [0.2, 0.25) is 5.15 Å². The van der Waals surface area contributed by atoms with Crippen molar-refractivity contribution in [1.82, 2.24) is 4.98 Å². The minimum atomic E-state index is -0.943. The standard InChI is InChI=1S/C16H19ClN2O5/c1-7(2)24-10-4-3-9-12(11(10)8(5-20)6-21)14(22)13(16(18)23)19-15(9)17/h3-4,7-8,20-22H,5-6H2,1-2H3,(H2,18,23). The number of hydrogen-bond acceptors (Lipinski definition) is 6. The van der Waals surface area contributed by atoms with Gasteiger partial charge in [0.25, 0.3) is 5.91 Å². The van der Waals surface area contributed by atoms with Crippen LogP contribution in [0.25, 0.3) is 10.8 Å². The SMILES string of the molecule is CC(C)Oc1ccc2c(Cl)nc(C(N)=O)c(O)c2c1C(CO)CO. The molecule has 5 N–H and O–H groups in total. The molecule has 0 atom stereocenters. The first-order valence-electron chi connectivity index (χ1n) is 7.35. The van der Waals surface area contributed by atoms with E-state index in [2.05, 4.69) is 4.98 Å². The van der Waals surface area contributed by atoms with Gasteiger partial charge in [0.05, 0.1) is 19.3 Å². The molecule has 0 saturated carbocycles. The quantitative estimate of drug-likeness (QED) is 0.583. The minimum absolute atomic E-state index is 0.0245. The van der Waals surface area contributed by atoms with Gasteiger partial charge in [0.2, 0.25) is 0 Å². The van der Waals surface area contributed by atoms with E-state index in [0.717, 1.165) is 0 Å². The fourth-order valence-electron chi connectivity index (χ4n) is 2.53. The molecule has 7 nitrogen and oxygen atoms in total. The van der Waals surface area contributed by atoms with Gasteiger partial charge in [-0.15, -0.1) is 0 Å². The molecule has 1 amide bonds. The van der Waals surface area contributed by atoms with Gasteiger partial charge in [0, 0.05) is 22.3 Å². The highest BCUT2D eigenvalue weighted by Crippen LogP contribution is 2.42. The molecule has 0 radical (unpaired) electrons. The molecule has 0 saturated heterocycles. The first kappa shape index (κ1) is 18.3. The Morgan fingerprint density at radius 2 is 1.96 bits per heavy atom. The number of carbonyl (C=O) groups is 1. The Morgan fingerprint density at radius 3 is 2.46 bits per heavy atom. The predicted molar refractivity (Wildman–Crippen MR) is 89.6 cm³/mol. The number of ether oxygens (including phenoxy) is 1. The molecular weight excluding hydrogens is 336 g/mol. The number of amides is 1. The number of aliphatic hydroxyl groups is 2. The van der Waals surface area contributed by atoms with Gasteiger partial charge in [0.1, 0.15) is 10.9 Å². The lowest BCUT2D eigenvalue weighted by Crippen LogP contribution is -2.16. The maximum absolute atomic E-state index is 11.5. The molecule has 130 valence electrons. The van der Waals surface area contributed by atoms with Crippen molar-refractivity contribution in [2.75, 3.05) is 13.2 Å². The molecule has 2 aromatic rings. The fourth-order valence-corrected chi connectivity index (χ4v) is 2.77. The lowest BCUT2D eigenvalue weighted by atomic mass is 9.93. The van der Waals surface area contributed by atoms with Crippen molar-refractivity contribution < 1.29 is 24.9 Å². The zero-order chi connectivity index (χ0) is 18.0. The molecule has 1 heterocycles. The first-order chi connectivity index (χ1) is 11.3. The predicted octanol–water partition coefficient (Wildman–Crippen LogP) is 1.55. The third kappa shape index (κ3) is 3.24. The average Bonchev–Trinajstić information content (AvgIpc) is 2.52. The van der Waals surface area contributed by atoms with Crippen molar-refractivity contribution in [3.05, 3.63) is 28.5 Å². The van der Waals surface area contributed by atoms with Crippen LogP contribution in [-0.2, 0) is 0 Å². The number of halogens is 1. The molecule has 1 aromatic carbocycles. The number of carbonyl (C=O) groups excluding carboxylic acids is 1. The first-order valence-corrected chi connectivity index (χ1v) is 7.72. The second kappa shape index (κ2) is 7.21. The van der Waals surface area contributed by atoms with Gasteiger partial charge in [-0.25, -0.2) is 4.98 Å². The van der Waals surface area contributed by atoms with E-state index in [1.165, 1.54) is 0 Å². The lowest BCUT2D eigenvalue weighted by Gasteiger charge is -2.22. The van der Waals surface area contributed by atoms with E-state index in [0.29, 0.717) is 16.7 Å². The fraction of sp³-hybridized carbons (Fsp3) is 0.375. The summed E-state index contributed by atoms with van der Waals surface area (Å²) < 4.78 is 5.72. The Bertz CT molecular complexity index is 775. The van der Waals surface area contributed by atoms with Gasteiger partial charge in [-0.2, -0.15) is 0 Å². The molecule has 2 rings (SSSR count). The Labute approximate surface area is 143 Å². The van der Waals surface area contributed by atoms with Crippen LogP contribution in [0.3, 0.4) is 0 Å². The van der Waals surface area contributed by atoms with Crippen LogP contribution >= 0.6 is 11.6 Å². The van der Waals surface area contributed by atoms with Crippen molar-refractivity contribution >= 4 is 28.3 Å². The van der Waals surface area contributed by atoms with E-state index >= 15 is 0 Å². The highest BCUT2D eigenvalue weighted by Gasteiger charge is 2.25. The van der Waals surface area contributed by atoms with Gasteiger partial charge >= 0.3 is 0 Å². The molecule has 0 aliphatic rings. The van der Waals surface area contributed by atoms with Gasteiger partial charge in [0.15, 0.2) is 11.4 Å². The van der Waals surface area contributed by atoms with E-state index in [-0.39, 0.29) is 22.3 Å². The summed E-state index contributed by atoms with van der Waals surface area (Å²) in [7, 11) is 0. The van der Waals surface area contributed by atoms with Crippen molar-refractivity contribution in [3.8, 4) is 11.5 Å². The highest BCUT2D eigenvalue weighted by atomic mass is 35.5. The maximum Gasteiger partial charge on any atom is 0.271 e. The summed E-state index contributed by atoms with van der Waals surface area (Å²) in [5, 5.41) is 30.2. The van der Waals surface area contributed by atoms with Gasteiger partial charge in [-0.3, -0.25) is 4.79 Å². The smallest absolute Gasteiger partial charge is 0.271 e. The number of hydrogen-bond donors (Lipinski definition) is 4. The second-order valence-electron chi connectivity index (χ2n) is 5.59. The number of aromatic hydroxyl groups is 1. The molecule has 0 aliphatic heterocycles. The summed E-state index contributed by atoms with van der Waals surface area (Å²) >= 11 is 6.10. The summed E-state index contributed by atoms with van der Waals surface area (Å²) in [6.45, 7) is 2.84. The monoisotopic (exact) mass is 354 g/mol. The average molecular weight is 355 g/mol. The number of pyridine rings is 1. The van der Waals surface area contributed by atoms with E-state index in [1.54, 1.807) is 12.1 Å². The highest BCUT2D eigenvalue weighted by molar-refractivity contribution is 6.35. The molecular formula is C16H19ClN2O5. The third-order valence-electron chi connectivity index (χ3n) is 3.54. The van der Waals surface area contributed by atoms with Crippen LogP contribution in [0, 0.1) is 0 Å². The topological polar surface area (TPSA) is 126 Å². The number of nitrogens with two attached hydrogens (primary N) is 1. The van der Waals surface area contributed by atoms with E-state index < -0.39 is 30.8 Å². The van der Waals surface area contributed by atoms with Gasteiger partial charge in [-0.1, -0.05) is 11.6 Å². The van der Waals surface area contributed by atoms with Crippen molar-refractivity contribution in [2.24, 2.45) is 5.73 Å². The molecule has 0 spiro atoms. The normalized spacial score (nSPS) is 11.5. The number of benzene rings is 1. The Morgan fingerprint density at radius 1 is 1.33 bits per heavy atom. The number of aliphatic hydroxyl groups excluding tert-OH is 2. The molecule has 1 aromatic heterocycles. The van der Waals surface area contributed by atoms with Crippen LogP contribution in [0.5, 0.6) is 11.5 Å². The summed E-state index contributed by atoms with van der Waals surface area (Å²) in [6, 6.07) is 3.20. The summed E-state index contributed by atoms with van der Waals surface area (Å²) in [5.41, 5.74) is 5.19. The van der Waals surface area contributed by atoms with Gasteiger partial charge < -0.3 is 25.8 Å². The number of fused-ring (bicyclic) bond motifs is 1. The zero-order valence-electron chi connectivity index (χ0n) is 13.3. The van der Waals surface area contributed by atoms with E-state index in [9.17, 15) is 20.1 Å². The van der Waals surface area contributed by atoms with Crippen molar-refractivity contribution in [2.45, 2.75) is 25.9 Å². The second-order valence-corrected chi connectivity index (χ2v) is 5.95. The number of rotatable bonds is 6. The van der Waals surface area contributed by atoms with E-state index in [1.807, 2.05) is 13.8 Å². The van der Waals surface area contributed by atoms with Crippen LogP contribution in [0.4, 0.5) is 0 Å². The molecule has 0 aliphatic carbocycles. The van der Waals surface area contributed by atoms with Crippen LogP contribution in [0.15, 0.2) is 12.1 Å². The minimum Gasteiger partial charge on any atom is -0.505 e.